The van der Waals surface area contributed by atoms with Crippen LogP contribution in [-0.2, 0) is 15.7 Å². The predicted octanol–water partition coefficient (Wildman–Crippen LogP) is 3.00. The number of hydrogen-bond donors (Lipinski definition) is 0. The molecule has 0 spiro atoms. The van der Waals surface area contributed by atoms with Crippen LogP contribution in [0.5, 0.6) is 5.88 Å². The number of esters is 1. The second-order valence-electron chi connectivity index (χ2n) is 8.89. The Morgan fingerprint density at radius 1 is 1.11 bits per heavy atom. The van der Waals surface area contributed by atoms with Gasteiger partial charge in [-0.15, -0.1) is 4.80 Å². The van der Waals surface area contributed by atoms with Crippen LogP contribution in [-0.4, -0.2) is 66.5 Å². The molecule has 0 aromatic carbocycles. The number of carbonyl (C=O) groups is 2. The van der Waals surface area contributed by atoms with Crippen molar-refractivity contribution >= 4 is 11.9 Å². The summed E-state index contributed by atoms with van der Waals surface area (Å²) in [7, 11) is 0. The monoisotopic (exact) mass is 516 g/mol. The normalized spacial score (nSPS) is 22.8. The fourth-order valence-corrected chi connectivity index (χ4v) is 5.04. The molecule has 4 atom stereocenters. The molecule has 1 saturated carbocycles. The van der Waals surface area contributed by atoms with Crippen molar-refractivity contribution in [2.45, 2.75) is 51.1 Å². The molecule has 5 rings (SSSR count). The van der Waals surface area contributed by atoms with E-state index < -0.39 is 41.8 Å². The van der Waals surface area contributed by atoms with E-state index in [1.54, 1.807) is 26.0 Å². The van der Waals surface area contributed by atoms with Gasteiger partial charge in [-0.1, -0.05) is 0 Å². The summed E-state index contributed by atoms with van der Waals surface area (Å²) < 4.78 is 49.9. The van der Waals surface area contributed by atoms with Crippen molar-refractivity contribution in [3.63, 3.8) is 0 Å². The molecule has 4 heterocycles. The minimum Gasteiger partial charge on any atom is -0.472 e. The molecule has 1 saturated heterocycles. The largest absolute Gasteiger partial charge is 0.472 e. The molecule has 3 aromatic heterocycles. The van der Waals surface area contributed by atoms with Crippen molar-refractivity contribution < 1.29 is 32.2 Å². The van der Waals surface area contributed by atoms with Crippen molar-refractivity contribution in [2.24, 2.45) is 5.92 Å². The number of hydrogen-bond acceptors (Lipinski definition) is 8. The van der Waals surface area contributed by atoms with E-state index in [2.05, 4.69) is 20.2 Å². The Hall–Kier alpha value is -4.03. The van der Waals surface area contributed by atoms with Gasteiger partial charge in [-0.05, 0) is 50.8 Å². The molecule has 4 unspecified atom stereocenters. The van der Waals surface area contributed by atoms with Gasteiger partial charge in [-0.3, -0.25) is 4.79 Å². The second kappa shape index (κ2) is 9.45. The van der Waals surface area contributed by atoms with Crippen LogP contribution < -0.4 is 4.74 Å². The summed E-state index contributed by atoms with van der Waals surface area (Å²) in [4.78, 5) is 37.8. The van der Waals surface area contributed by atoms with E-state index in [0.29, 0.717) is 30.4 Å². The Morgan fingerprint density at radius 3 is 2.51 bits per heavy atom. The molecule has 37 heavy (non-hydrogen) atoms. The first-order valence-corrected chi connectivity index (χ1v) is 11.7. The first-order chi connectivity index (χ1) is 17.7. The zero-order valence-electron chi connectivity index (χ0n) is 19.9. The minimum absolute atomic E-state index is 0.000689. The Morgan fingerprint density at radius 2 is 1.86 bits per heavy atom. The van der Waals surface area contributed by atoms with E-state index in [4.69, 9.17) is 9.47 Å². The summed E-state index contributed by atoms with van der Waals surface area (Å²) in [5.74, 6) is -1.31. The van der Waals surface area contributed by atoms with Crippen LogP contribution in [0, 0.1) is 12.8 Å². The predicted molar refractivity (Wildman–Crippen MR) is 121 cm³/mol. The summed E-state index contributed by atoms with van der Waals surface area (Å²) in [5, 5.41) is 8.21. The number of amides is 1. The Kier molecular flexibility index (Phi) is 6.30. The minimum atomic E-state index is -4.52. The highest BCUT2D eigenvalue weighted by molar-refractivity contribution is 5.99. The molecular formula is C24H23F3N6O4. The fourth-order valence-electron chi connectivity index (χ4n) is 5.04. The van der Waals surface area contributed by atoms with E-state index in [-0.39, 0.29) is 24.1 Å². The lowest BCUT2D eigenvalue weighted by molar-refractivity contribution is -0.151. The lowest BCUT2D eigenvalue weighted by atomic mass is 9.97. The lowest BCUT2D eigenvalue weighted by Crippen LogP contribution is -2.55. The number of piperidine rings is 1. The molecule has 0 radical (unpaired) electrons. The number of pyridine rings is 2. The van der Waals surface area contributed by atoms with Gasteiger partial charge in [0.2, 0.25) is 5.88 Å². The number of aryl methyl sites for hydroxylation is 1. The van der Waals surface area contributed by atoms with Gasteiger partial charge in [0.25, 0.3) is 5.91 Å². The fraction of sp³-hybridized carbons (Fsp3) is 0.417. The number of likely N-dealkylation sites (tertiary alicyclic amines) is 1. The smallest absolute Gasteiger partial charge is 0.417 e. The van der Waals surface area contributed by atoms with E-state index in [1.165, 1.54) is 22.1 Å². The van der Waals surface area contributed by atoms with Crippen LogP contribution in [0.1, 0.15) is 41.5 Å². The highest BCUT2D eigenvalue weighted by Crippen LogP contribution is 2.45. The average molecular weight is 516 g/mol. The molecule has 1 amide bonds. The molecule has 2 bridgehead atoms. The van der Waals surface area contributed by atoms with Gasteiger partial charge < -0.3 is 14.4 Å². The summed E-state index contributed by atoms with van der Waals surface area (Å²) in [5.41, 5.74) is 0.0904. The maximum atomic E-state index is 14.0. The molecule has 1 aliphatic heterocycles. The highest BCUT2D eigenvalue weighted by Gasteiger charge is 2.58. The third-order valence-corrected chi connectivity index (χ3v) is 6.56. The summed E-state index contributed by atoms with van der Waals surface area (Å²) in [6.45, 7) is 3.57. The van der Waals surface area contributed by atoms with Gasteiger partial charge in [0.05, 0.1) is 30.6 Å². The maximum absolute atomic E-state index is 14.0. The number of nitrogens with zero attached hydrogens (tertiary/aromatic N) is 6. The zero-order chi connectivity index (χ0) is 26.3. The van der Waals surface area contributed by atoms with Crippen molar-refractivity contribution in [3.8, 4) is 11.6 Å². The van der Waals surface area contributed by atoms with Gasteiger partial charge in [-0.2, -0.15) is 23.4 Å². The Balaban J connectivity index is 1.47. The number of aromatic nitrogens is 5. The molecule has 13 heteroatoms. The zero-order valence-corrected chi connectivity index (χ0v) is 19.9. The highest BCUT2D eigenvalue weighted by atomic mass is 19.4. The molecular weight excluding hydrogens is 493 g/mol. The molecule has 2 aliphatic rings. The van der Waals surface area contributed by atoms with Gasteiger partial charge in [-0.25, -0.2) is 14.8 Å². The number of fused-ring (bicyclic) bond motifs is 2. The Labute approximate surface area is 209 Å². The van der Waals surface area contributed by atoms with Gasteiger partial charge in [0.1, 0.15) is 17.8 Å². The van der Waals surface area contributed by atoms with Gasteiger partial charge in [0, 0.05) is 18.0 Å². The third kappa shape index (κ3) is 4.60. The molecule has 3 aromatic rings. The Bertz CT molecular complexity index is 1300. The number of carbonyl (C=O) groups excluding carboxylic acids is 2. The number of ether oxygens (including phenoxy) is 2. The van der Waals surface area contributed by atoms with E-state index in [1.807, 2.05) is 0 Å². The number of halogens is 3. The SMILES string of the molecule is CCOC(=O)C1C2CC(Oc3ccc(C(F)(F)F)cn3)C(C2)N1C(=O)c1nc(C)ccc1-n1nccn1. The van der Waals surface area contributed by atoms with Crippen LogP contribution in [0.4, 0.5) is 13.2 Å². The third-order valence-electron chi connectivity index (χ3n) is 6.56. The van der Waals surface area contributed by atoms with Crippen molar-refractivity contribution in [3.05, 3.63) is 59.8 Å². The quantitative estimate of drug-likeness (QED) is 0.460. The van der Waals surface area contributed by atoms with Crippen LogP contribution >= 0.6 is 0 Å². The first-order valence-electron chi connectivity index (χ1n) is 11.7. The lowest BCUT2D eigenvalue weighted by Gasteiger charge is -2.37. The summed E-state index contributed by atoms with van der Waals surface area (Å²) in [6.07, 6.45) is -0.595. The average Bonchev–Trinajstić information content (AvgIpc) is 3.60. The van der Waals surface area contributed by atoms with Crippen molar-refractivity contribution in [2.75, 3.05) is 6.61 Å². The maximum Gasteiger partial charge on any atom is 0.417 e. The summed E-state index contributed by atoms with van der Waals surface area (Å²) in [6, 6.07) is 4.03. The topological polar surface area (TPSA) is 112 Å². The van der Waals surface area contributed by atoms with Crippen LogP contribution in [0.2, 0.25) is 0 Å². The summed E-state index contributed by atoms with van der Waals surface area (Å²) >= 11 is 0. The van der Waals surface area contributed by atoms with Gasteiger partial charge in [0.15, 0.2) is 5.69 Å². The van der Waals surface area contributed by atoms with Crippen LogP contribution in [0.15, 0.2) is 42.9 Å². The molecule has 0 N–H and O–H groups in total. The van der Waals surface area contributed by atoms with E-state index in [0.717, 1.165) is 12.1 Å². The van der Waals surface area contributed by atoms with Crippen molar-refractivity contribution in [1.29, 1.82) is 0 Å². The first kappa shape index (κ1) is 24.7. The number of rotatable bonds is 6. The molecule has 194 valence electrons. The van der Waals surface area contributed by atoms with Crippen LogP contribution in [0.25, 0.3) is 5.69 Å². The molecule has 1 aliphatic carbocycles. The number of alkyl halides is 3. The standard InChI is InChI=1S/C24H23F3N6O4/c1-3-36-23(35)21-14-10-17(18(11-14)37-19-7-5-15(12-28-19)24(25,26)27)32(21)22(34)20-16(6-4-13(2)31-20)33-29-8-9-30-33/h4-9,12,14,17-18,21H,3,10-11H2,1-2H3. The molecule has 10 nitrogen and oxygen atoms in total. The van der Waals surface area contributed by atoms with Crippen LogP contribution in [0.3, 0.4) is 0 Å². The second-order valence-corrected chi connectivity index (χ2v) is 8.89. The molecule has 2 fully saturated rings. The van der Waals surface area contributed by atoms with Gasteiger partial charge >= 0.3 is 12.1 Å². The van der Waals surface area contributed by atoms with Crippen molar-refractivity contribution in [1.82, 2.24) is 29.9 Å². The van der Waals surface area contributed by atoms with E-state index >= 15 is 0 Å². The van der Waals surface area contributed by atoms with E-state index in [9.17, 15) is 22.8 Å².